The van der Waals surface area contributed by atoms with E-state index in [9.17, 15) is 29.7 Å². The second-order valence-corrected chi connectivity index (χ2v) is 10.1. The summed E-state index contributed by atoms with van der Waals surface area (Å²) in [6, 6.07) is 4.47. The molecule has 0 unspecified atom stereocenters. The molecule has 0 saturated carbocycles. The fraction of sp³-hybridized carbons (Fsp3) is 0.400. The van der Waals surface area contributed by atoms with Crippen LogP contribution in [0.1, 0.15) is 69.6 Å². The summed E-state index contributed by atoms with van der Waals surface area (Å²) in [5.41, 5.74) is 0.714. The van der Waals surface area contributed by atoms with E-state index in [0.717, 1.165) is 77.8 Å². The molecule has 3 aliphatic heterocycles. The molecule has 227 valence electrons. The second-order valence-electron chi connectivity index (χ2n) is 10.1. The van der Waals surface area contributed by atoms with Crippen LogP contribution in [0.15, 0.2) is 55.4 Å². The molecule has 0 atom stereocenters. The number of carbonyl (C=O) groups excluding carboxylic acids is 3. The minimum Gasteiger partial charge on any atom is -0.871 e. The summed E-state index contributed by atoms with van der Waals surface area (Å²) in [5.74, 6) is -1.34. The molecular formula is C30H33FeN6O6. The normalized spacial score (nSPS) is 15.5. The van der Waals surface area contributed by atoms with Gasteiger partial charge in [-0.25, -0.2) is 0 Å². The van der Waals surface area contributed by atoms with Crippen LogP contribution in [0.2, 0.25) is 0 Å². The van der Waals surface area contributed by atoms with E-state index in [-0.39, 0.29) is 68.7 Å². The van der Waals surface area contributed by atoms with Gasteiger partial charge in [0.05, 0.1) is 0 Å². The summed E-state index contributed by atoms with van der Waals surface area (Å²) in [7, 11) is 0. The number of rotatable bonds is 3. The largest absolute Gasteiger partial charge is 3.00 e. The van der Waals surface area contributed by atoms with Gasteiger partial charge in [0.25, 0.3) is 17.7 Å². The Bertz CT molecular complexity index is 1210. The van der Waals surface area contributed by atoms with E-state index >= 15 is 0 Å². The zero-order valence-corrected chi connectivity index (χ0v) is 24.8. The van der Waals surface area contributed by atoms with Gasteiger partial charge in [0.1, 0.15) is 0 Å². The van der Waals surface area contributed by atoms with E-state index in [1.165, 1.54) is 55.4 Å². The van der Waals surface area contributed by atoms with Crippen molar-refractivity contribution in [3.63, 3.8) is 0 Å². The first kappa shape index (κ1) is 33.3. The molecule has 3 aromatic heterocycles. The van der Waals surface area contributed by atoms with Gasteiger partial charge in [-0.05, 0) is 56.7 Å². The fourth-order valence-electron chi connectivity index (χ4n) is 4.94. The molecule has 0 spiro atoms. The molecule has 3 amide bonds. The summed E-state index contributed by atoms with van der Waals surface area (Å²) in [5, 5.41) is 33.9. The third-order valence-corrected chi connectivity index (χ3v) is 7.22. The van der Waals surface area contributed by atoms with E-state index in [1.54, 1.807) is 14.7 Å². The summed E-state index contributed by atoms with van der Waals surface area (Å²) in [4.78, 5) is 51.5. The molecule has 3 aromatic rings. The molecule has 6 heterocycles. The first-order chi connectivity index (χ1) is 20.4. The van der Waals surface area contributed by atoms with Crippen LogP contribution < -0.4 is 15.3 Å². The Morgan fingerprint density at radius 1 is 0.488 bits per heavy atom. The maximum absolute atomic E-state index is 11.8. The van der Waals surface area contributed by atoms with E-state index in [4.69, 9.17) is 0 Å². The molecule has 43 heavy (non-hydrogen) atoms. The van der Waals surface area contributed by atoms with E-state index < -0.39 is 0 Å². The second kappa shape index (κ2) is 16.4. The van der Waals surface area contributed by atoms with Crippen LogP contribution in [-0.4, -0.2) is 86.6 Å². The smallest absolute Gasteiger partial charge is 0.871 e. The van der Waals surface area contributed by atoms with Crippen molar-refractivity contribution in [2.45, 2.75) is 38.5 Å². The third-order valence-electron chi connectivity index (χ3n) is 7.22. The van der Waals surface area contributed by atoms with Gasteiger partial charge in [0.15, 0.2) is 0 Å². The number of pyridine rings is 3. The van der Waals surface area contributed by atoms with Crippen molar-refractivity contribution in [1.29, 1.82) is 0 Å². The SMILES string of the molecule is O=C(c1ccncc1[O-])N1CCCC1.O=C(c1ccncc1[O-])N1CCCC1.O=C(c1ccncc1[O-])N1CCCC1.[Fe+3]. The molecule has 6 rings (SSSR count). The van der Waals surface area contributed by atoms with Crippen molar-refractivity contribution in [3.8, 4) is 17.2 Å². The summed E-state index contributed by atoms with van der Waals surface area (Å²) < 4.78 is 0. The Kier molecular flexibility index (Phi) is 12.7. The number of amides is 3. The molecule has 13 heteroatoms. The summed E-state index contributed by atoms with van der Waals surface area (Å²) in [6.45, 7) is 4.59. The van der Waals surface area contributed by atoms with Crippen LogP contribution in [0.25, 0.3) is 0 Å². The Balaban J connectivity index is 0.000000175. The van der Waals surface area contributed by atoms with Gasteiger partial charge in [-0.1, -0.05) is 17.2 Å². The molecule has 1 radical (unpaired) electrons. The molecule has 0 bridgehead atoms. The van der Waals surface area contributed by atoms with Crippen molar-refractivity contribution in [2.75, 3.05) is 39.3 Å². The Labute approximate surface area is 260 Å². The van der Waals surface area contributed by atoms with Gasteiger partial charge in [0.2, 0.25) is 0 Å². The molecular weight excluding hydrogens is 596 g/mol. The fourth-order valence-corrected chi connectivity index (χ4v) is 4.94. The van der Waals surface area contributed by atoms with E-state index in [0.29, 0.717) is 0 Å². The zero-order chi connectivity index (χ0) is 29.9. The van der Waals surface area contributed by atoms with Gasteiger partial charge in [-0.2, -0.15) is 0 Å². The minimum absolute atomic E-state index is 0. The molecule has 3 fully saturated rings. The number of hydrogen-bond donors (Lipinski definition) is 0. The monoisotopic (exact) mass is 629 g/mol. The quantitative estimate of drug-likeness (QED) is 0.386. The van der Waals surface area contributed by atoms with Gasteiger partial charge in [-0.3, -0.25) is 29.3 Å². The van der Waals surface area contributed by atoms with Crippen molar-refractivity contribution in [1.82, 2.24) is 29.7 Å². The number of likely N-dealkylation sites (tertiary alicyclic amines) is 3. The predicted octanol–water partition coefficient (Wildman–Crippen LogP) is 1.17. The van der Waals surface area contributed by atoms with Crippen LogP contribution in [0.3, 0.4) is 0 Å². The van der Waals surface area contributed by atoms with Crippen LogP contribution in [0, 0.1) is 0 Å². The van der Waals surface area contributed by atoms with Crippen LogP contribution in [0.4, 0.5) is 0 Å². The minimum atomic E-state index is -0.288. The Morgan fingerprint density at radius 3 is 0.930 bits per heavy atom. The van der Waals surface area contributed by atoms with Crippen LogP contribution in [-0.2, 0) is 17.1 Å². The van der Waals surface area contributed by atoms with Gasteiger partial charge in [-0.15, -0.1) is 0 Å². The van der Waals surface area contributed by atoms with E-state index in [2.05, 4.69) is 15.0 Å². The molecule has 0 N–H and O–H groups in total. The third kappa shape index (κ3) is 8.88. The topological polar surface area (TPSA) is 169 Å². The van der Waals surface area contributed by atoms with Crippen molar-refractivity contribution in [3.05, 3.63) is 72.1 Å². The van der Waals surface area contributed by atoms with Crippen molar-refractivity contribution in [2.24, 2.45) is 0 Å². The van der Waals surface area contributed by atoms with Gasteiger partial charge in [0, 0.05) is 93.1 Å². The predicted molar refractivity (Wildman–Crippen MR) is 146 cm³/mol. The van der Waals surface area contributed by atoms with Crippen LogP contribution >= 0.6 is 0 Å². The maximum Gasteiger partial charge on any atom is 3.00 e. The molecule has 3 saturated heterocycles. The maximum atomic E-state index is 11.8. The average molecular weight is 629 g/mol. The van der Waals surface area contributed by atoms with E-state index in [1.807, 2.05) is 0 Å². The summed E-state index contributed by atoms with van der Waals surface area (Å²) in [6.07, 6.45) is 14.2. The number of nitrogens with zero attached hydrogens (tertiary/aromatic N) is 6. The first-order valence-electron chi connectivity index (χ1n) is 14.1. The van der Waals surface area contributed by atoms with Gasteiger partial charge < -0.3 is 30.0 Å². The van der Waals surface area contributed by atoms with Gasteiger partial charge >= 0.3 is 17.1 Å². The number of carbonyl (C=O) groups is 3. The average Bonchev–Trinajstić information content (AvgIpc) is 3.82. The molecule has 0 aromatic carbocycles. The first-order valence-corrected chi connectivity index (χ1v) is 14.1. The standard InChI is InChI=1S/3C10H12N2O2.Fe/c3*13-9-7-11-4-3-8(9)10(14)12-5-1-2-6-12;/h3*3-4,7,13H,1-2,5-6H2;/q;;;+3/p-3. The van der Waals surface area contributed by atoms with Crippen molar-refractivity contribution < 1.29 is 46.8 Å². The number of hydrogen-bond acceptors (Lipinski definition) is 9. The molecule has 12 nitrogen and oxygen atoms in total. The molecule has 0 aliphatic carbocycles. The van der Waals surface area contributed by atoms with Crippen molar-refractivity contribution >= 4 is 17.7 Å². The van der Waals surface area contributed by atoms with Crippen LogP contribution in [0.5, 0.6) is 17.2 Å². The zero-order valence-electron chi connectivity index (χ0n) is 23.7. The Hall–Kier alpha value is -4.22. The summed E-state index contributed by atoms with van der Waals surface area (Å²) >= 11 is 0. The molecule has 3 aliphatic rings. The Morgan fingerprint density at radius 2 is 0.721 bits per heavy atom. The number of aromatic nitrogens is 3.